The minimum atomic E-state index is -0.442. The van der Waals surface area contributed by atoms with Crippen LogP contribution in [0.2, 0.25) is 5.02 Å². The Morgan fingerprint density at radius 1 is 1.50 bits per heavy atom. The van der Waals surface area contributed by atoms with Crippen LogP contribution in [0.25, 0.3) is 0 Å². The smallest absolute Gasteiger partial charge is 0.271 e. The lowest BCUT2D eigenvalue weighted by atomic mass is 10.2. The van der Waals surface area contributed by atoms with Gasteiger partial charge in [0, 0.05) is 4.47 Å². The molecule has 0 radical (unpaired) electrons. The topological polar surface area (TPSA) is 81.6 Å². The second kappa shape index (κ2) is 5.21. The third-order valence-corrected chi connectivity index (χ3v) is 3.00. The number of H-pyrrole nitrogens is 1. The summed E-state index contributed by atoms with van der Waals surface area (Å²) in [5.41, 5.74) is 0.505. The van der Waals surface area contributed by atoms with Crippen LogP contribution in [0.1, 0.15) is 5.56 Å². The zero-order valence-electron chi connectivity index (χ0n) is 8.87. The molecule has 0 aliphatic heterocycles. The lowest BCUT2D eigenvalue weighted by molar-refractivity contribution is 1.12. The molecule has 1 heterocycles. The first-order chi connectivity index (χ1) is 8.61. The highest BCUT2D eigenvalue weighted by atomic mass is 79.9. The molecule has 0 bridgehead atoms. The summed E-state index contributed by atoms with van der Waals surface area (Å²) in [6.07, 6.45) is 1.24. The van der Waals surface area contributed by atoms with Crippen LogP contribution in [0.5, 0.6) is 0 Å². The fourth-order valence-corrected chi connectivity index (χ4v) is 1.83. The van der Waals surface area contributed by atoms with Crippen LogP contribution in [-0.2, 0) is 0 Å². The second-order valence-electron chi connectivity index (χ2n) is 3.32. The van der Waals surface area contributed by atoms with Gasteiger partial charge < -0.3 is 10.3 Å². The van der Waals surface area contributed by atoms with E-state index in [1.54, 1.807) is 18.2 Å². The largest absolute Gasteiger partial charge is 0.338 e. The Labute approximate surface area is 116 Å². The summed E-state index contributed by atoms with van der Waals surface area (Å²) < 4.78 is 0.796. The van der Waals surface area contributed by atoms with E-state index < -0.39 is 5.56 Å². The first-order valence-corrected chi connectivity index (χ1v) is 5.99. The average Bonchev–Trinajstić information content (AvgIpc) is 2.35. The monoisotopic (exact) mass is 324 g/mol. The molecular weight excluding hydrogens is 320 g/mol. The minimum absolute atomic E-state index is 0.0543. The zero-order chi connectivity index (χ0) is 13.1. The molecule has 7 heteroatoms. The molecule has 0 unspecified atom stereocenters. The molecule has 1 aromatic heterocycles. The molecule has 0 amide bonds. The van der Waals surface area contributed by atoms with Gasteiger partial charge in [-0.2, -0.15) is 5.26 Å². The van der Waals surface area contributed by atoms with Crippen molar-refractivity contribution in [2.75, 3.05) is 5.32 Å². The van der Waals surface area contributed by atoms with E-state index in [2.05, 4.69) is 31.2 Å². The van der Waals surface area contributed by atoms with Crippen molar-refractivity contribution in [1.82, 2.24) is 9.97 Å². The summed E-state index contributed by atoms with van der Waals surface area (Å²) in [6, 6.07) is 7.14. The van der Waals surface area contributed by atoms with Crippen LogP contribution >= 0.6 is 27.5 Å². The summed E-state index contributed by atoms with van der Waals surface area (Å²) in [5.74, 6) is 0.204. The molecule has 0 aliphatic rings. The number of nitrogens with zero attached hydrogens (tertiary/aromatic N) is 2. The number of hydrogen-bond donors (Lipinski definition) is 2. The van der Waals surface area contributed by atoms with E-state index in [0.29, 0.717) is 11.3 Å². The number of rotatable bonds is 2. The van der Waals surface area contributed by atoms with Crippen LogP contribution in [0.3, 0.4) is 0 Å². The van der Waals surface area contributed by atoms with Crippen molar-refractivity contribution in [1.29, 1.82) is 5.26 Å². The Morgan fingerprint density at radius 3 is 3.00 bits per heavy atom. The highest BCUT2D eigenvalue weighted by Crippen LogP contribution is 2.25. The van der Waals surface area contributed by atoms with Crippen molar-refractivity contribution in [3.05, 3.63) is 49.9 Å². The maximum atomic E-state index is 11.3. The molecule has 90 valence electrons. The van der Waals surface area contributed by atoms with Gasteiger partial charge in [0.2, 0.25) is 0 Å². The predicted octanol–water partition coefficient (Wildman–Crippen LogP) is 2.80. The van der Waals surface area contributed by atoms with Gasteiger partial charge in [-0.1, -0.05) is 27.5 Å². The van der Waals surface area contributed by atoms with Gasteiger partial charge in [0.1, 0.15) is 11.1 Å². The SMILES string of the molecule is N#Cc1ccc(Br)cc1Nc1nc[nH]c(=O)c1Cl. The average molecular weight is 326 g/mol. The maximum absolute atomic E-state index is 11.3. The Kier molecular flexibility index (Phi) is 3.65. The summed E-state index contributed by atoms with van der Waals surface area (Å²) in [4.78, 5) is 17.6. The Bertz CT molecular complexity index is 692. The van der Waals surface area contributed by atoms with Gasteiger partial charge in [-0.05, 0) is 18.2 Å². The third-order valence-electron chi connectivity index (χ3n) is 2.15. The molecule has 0 spiro atoms. The van der Waals surface area contributed by atoms with Crippen molar-refractivity contribution in [2.24, 2.45) is 0 Å². The lowest BCUT2D eigenvalue weighted by Crippen LogP contribution is -2.10. The van der Waals surface area contributed by atoms with E-state index in [4.69, 9.17) is 16.9 Å². The number of aromatic nitrogens is 2. The van der Waals surface area contributed by atoms with Crippen LogP contribution in [0, 0.1) is 11.3 Å². The van der Waals surface area contributed by atoms with E-state index in [9.17, 15) is 4.79 Å². The van der Waals surface area contributed by atoms with Gasteiger partial charge in [0.15, 0.2) is 5.82 Å². The standard InChI is InChI=1S/C11H6BrClN4O/c12-7-2-1-6(4-14)8(3-7)17-10-9(13)11(18)16-5-15-10/h1-3,5H,(H2,15,16,17,18). The van der Waals surface area contributed by atoms with Gasteiger partial charge >= 0.3 is 0 Å². The van der Waals surface area contributed by atoms with Crippen molar-refractivity contribution >= 4 is 39.0 Å². The molecule has 18 heavy (non-hydrogen) atoms. The van der Waals surface area contributed by atoms with E-state index in [0.717, 1.165) is 4.47 Å². The summed E-state index contributed by atoms with van der Waals surface area (Å²) in [6.45, 7) is 0. The minimum Gasteiger partial charge on any atom is -0.338 e. The van der Waals surface area contributed by atoms with Crippen LogP contribution in [0.4, 0.5) is 11.5 Å². The highest BCUT2D eigenvalue weighted by molar-refractivity contribution is 9.10. The zero-order valence-corrected chi connectivity index (χ0v) is 11.2. The number of hydrogen-bond acceptors (Lipinski definition) is 4. The fraction of sp³-hybridized carbons (Fsp3) is 0. The van der Waals surface area contributed by atoms with E-state index in [1.807, 2.05) is 6.07 Å². The van der Waals surface area contributed by atoms with E-state index in [-0.39, 0.29) is 10.8 Å². The molecule has 0 atom stereocenters. The van der Waals surface area contributed by atoms with Gasteiger partial charge in [-0.3, -0.25) is 4.79 Å². The molecule has 1 aromatic carbocycles. The molecule has 2 rings (SSSR count). The molecule has 0 saturated carbocycles. The number of aromatic amines is 1. The molecule has 2 aromatic rings. The number of nitriles is 1. The van der Waals surface area contributed by atoms with Crippen LogP contribution in [0.15, 0.2) is 33.8 Å². The molecule has 0 aliphatic carbocycles. The summed E-state index contributed by atoms with van der Waals surface area (Å²) in [5, 5.41) is 11.8. The maximum Gasteiger partial charge on any atom is 0.271 e. The molecule has 0 saturated heterocycles. The normalized spacial score (nSPS) is 9.83. The number of anilines is 2. The van der Waals surface area contributed by atoms with Gasteiger partial charge in [-0.25, -0.2) is 4.98 Å². The first-order valence-electron chi connectivity index (χ1n) is 4.81. The van der Waals surface area contributed by atoms with Crippen molar-refractivity contribution in [2.45, 2.75) is 0 Å². The second-order valence-corrected chi connectivity index (χ2v) is 4.61. The van der Waals surface area contributed by atoms with E-state index in [1.165, 1.54) is 6.33 Å². The Morgan fingerprint density at radius 2 is 2.28 bits per heavy atom. The molecule has 5 nitrogen and oxygen atoms in total. The third kappa shape index (κ3) is 2.53. The van der Waals surface area contributed by atoms with Crippen molar-refractivity contribution in [3.8, 4) is 6.07 Å². The highest BCUT2D eigenvalue weighted by Gasteiger charge is 2.09. The predicted molar refractivity (Wildman–Crippen MR) is 72.0 cm³/mol. The van der Waals surface area contributed by atoms with Gasteiger partial charge in [0.25, 0.3) is 5.56 Å². The molecule has 0 fully saturated rings. The molecule has 2 N–H and O–H groups in total. The quantitative estimate of drug-likeness (QED) is 0.889. The van der Waals surface area contributed by atoms with Crippen LogP contribution in [-0.4, -0.2) is 9.97 Å². The fourth-order valence-electron chi connectivity index (χ4n) is 1.32. The van der Waals surface area contributed by atoms with Crippen LogP contribution < -0.4 is 10.9 Å². The first kappa shape index (κ1) is 12.6. The number of nitrogens with one attached hydrogen (secondary N) is 2. The van der Waals surface area contributed by atoms with Crippen molar-refractivity contribution < 1.29 is 0 Å². The Balaban J connectivity index is 2.46. The molecular formula is C11H6BrClN4O. The number of halogens is 2. The van der Waals surface area contributed by atoms with Gasteiger partial charge in [-0.15, -0.1) is 0 Å². The van der Waals surface area contributed by atoms with Crippen molar-refractivity contribution in [3.63, 3.8) is 0 Å². The van der Waals surface area contributed by atoms with Gasteiger partial charge in [0.05, 0.1) is 17.6 Å². The van der Waals surface area contributed by atoms with E-state index >= 15 is 0 Å². The lowest BCUT2D eigenvalue weighted by Gasteiger charge is -2.08. The summed E-state index contributed by atoms with van der Waals surface area (Å²) >= 11 is 9.12. The summed E-state index contributed by atoms with van der Waals surface area (Å²) in [7, 11) is 0. The number of benzene rings is 1. The Hall–Kier alpha value is -1.84.